The van der Waals surface area contributed by atoms with Crippen molar-refractivity contribution >= 4 is 20.2 Å². The van der Waals surface area contributed by atoms with E-state index >= 15 is 0 Å². The first kappa shape index (κ1) is 16.3. The van der Waals surface area contributed by atoms with Gasteiger partial charge in [-0.1, -0.05) is 6.07 Å². The molecule has 0 spiro atoms. The molecule has 1 heterocycles. The topological polar surface area (TPSA) is 80.8 Å². The van der Waals surface area contributed by atoms with Crippen molar-refractivity contribution in [3.63, 3.8) is 0 Å². The summed E-state index contributed by atoms with van der Waals surface area (Å²) in [4.78, 5) is -0.935. The zero-order valence-electron chi connectivity index (χ0n) is 11.6. The zero-order valence-corrected chi connectivity index (χ0v) is 13.2. The summed E-state index contributed by atoms with van der Waals surface area (Å²) in [5.41, 5.74) is 0. The zero-order chi connectivity index (χ0) is 15.8. The van der Waals surface area contributed by atoms with Crippen LogP contribution in [-0.2, 0) is 25.0 Å². The fourth-order valence-corrected chi connectivity index (χ4v) is 4.40. The molecule has 1 aromatic rings. The number of nitrogens with zero attached hydrogens (tertiary/aromatic N) is 1. The molecular formula is C12H16FNO5S2. The Bertz CT molecular complexity index is 732. The van der Waals surface area contributed by atoms with Gasteiger partial charge in [-0.05, 0) is 31.5 Å². The van der Waals surface area contributed by atoms with Gasteiger partial charge in [0.1, 0.15) is 0 Å². The maximum Gasteiger partial charge on any atom is 0.332 e. The van der Waals surface area contributed by atoms with Crippen LogP contribution >= 0.6 is 0 Å². The first-order valence-corrected chi connectivity index (χ1v) is 9.11. The molecular weight excluding hydrogens is 321 g/mol. The van der Waals surface area contributed by atoms with E-state index in [1.165, 1.54) is 19.2 Å². The first-order valence-electron chi connectivity index (χ1n) is 6.28. The molecule has 9 heteroatoms. The van der Waals surface area contributed by atoms with E-state index in [1.807, 2.05) is 0 Å². The first-order chi connectivity index (χ1) is 9.64. The molecule has 0 aromatic heterocycles. The Hall–Kier alpha value is -1.03. The summed E-state index contributed by atoms with van der Waals surface area (Å²) in [7, 11) is -7.46. The highest BCUT2D eigenvalue weighted by atomic mass is 32.3. The number of benzene rings is 1. The molecule has 1 aliphatic rings. The summed E-state index contributed by atoms with van der Waals surface area (Å²) >= 11 is 0. The standard InChI is InChI=1S/C12H16FNO5S2/c1-9-12(6-7-19-9)14(2)21(17,18)11-5-3-4-10(8-11)20(13,15)16/h3-5,8-9,12H,6-7H2,1-2H3. The maximum absolute atomic E-state index is 13.0. The summed E-state index contributed by atoms with van der Waals surface area (Å²) < 4.78 is 66.3. The van der Waals surface area contributed by atoms with Gasteiger partial charge in [-0.2, -0.15) is 12.7 Å². The molecule has 0 radical (unpaired) electrons. The normalized spacial score (nSPS) is 23.6. The number of likely N-dealkylation sites (N-methyl/N-ethyl adjacent to an activating group) is 1. The van der Waals surface area contributed by atoms with Crippen LogP contribution in [0, 0.1) is 0 Å². The molecule has 6 nitrogen and oxygen atoms in total. The minimum atomic E-state index is -4.95. The highest BCUT2D eigenvalue weighted by Crippen LogP contribution is 2.26. The summed E-state index contributed by atoms with van der Waals surface area (Å²) in [5, 5.41) is 0. The lowest BCUT2D eigenvalue weighted by Crippen LogP contribution is -2.40. The van der Waals surface area contributed by atoms with Crippen molar-refractivity contribution in [1.29, 1.82) is 0 Å². The van der Waals surface area contributed by atoms with Gasteiger partial charge in [-0.15, -0.1) is 3.89 Å². The van der Waals surface area contributed by atoms with Gasteiger partial charge in [0, 0.05) is 13.7 Å². The Morgan fingerprint density at radius 1 is 1.24 bits per heavy atom. The van der Waals surface area contributed by atoms with Crippen LogP contribution < -0.4 is 0 Å². The van der Waals surface area contributed by atoms with Crippen molar-refractivity contribution in [3.8, 4) is 0 Å². The van der Waals surface area contributed by atoms with Gasteiger partial charge >= 0.3 is 10.2 Å². The van der Waals surface area contributed by atoms with Crippen molar-refractivity contribution in [3.05, 3.63) is 24.3 Å². The predicted molar refractivity (Wildman–Crippen MR) is 73.5 cm³/mol. The van der Waals surface area contributed by atoms with Gasteiger partial charge in [-0.3, -0.25) is 0 Å². The number of hydrogen-bond acceptors (Lipinski definition) is 5. The van der Waals surface area contributed by atoms with Crippen molar-refractivity contribution in [1.82, 2.24) is 4.31 Å². The molecule has 2 rings (SSSR count). The Kier molecular flexibility index (Phi) is 4.39. The molecule has 0 aliphatic carbocycles. The molecule has 0 amide bonds. The van der Waals surface area contributed by atoms with E-state index in [0.717, 1.165) is 16.4 Å². The molecule has 1 aromatic carbocycles. The fraction of sp³-hybridized carbons (Fsp3) is 0.500. The van der Waals surface area contributed by atoms with Crippen molar-refractivity contribution < 1.29 is 25.5 Å². The average molecular weight is 337 g/mol. The van der Waals surface area contributed by atoms with E-state index in [0.29, 0.717) is 13.0 Å². The van der Waals surface area contributed by atoms with Gasteiger partial charge < -0.3 is 4.74 Å². The van der Waals surface area contributed by atoms with Crippen LogP contribution in [0.25, 0.3) is 0 Å². The van der Waals surface area contributed by atoms with Crippen LogP contribution in [0.5, 0.6) is 0 Å². The fourth-order valence-electron chi connectivity index (χ4n) is 2.33. The van der Waals surface area contributed by atoms with Gasteiger partial charge in [0.25, 0.3) is 0 Å². The third-order valence-corrected chi connectivity index (χ3v) is 6.26. The molecule has 0 saturated carbocycles. The molecule has 118 valence electrons. The highest BCUT2D eigenvalue weighted by molar-refractivity contribution is 7.89. The smallest absolute Gasteiger partial charge is 0.332 e. The molecule has 2 atom stereocenters. The molecule has 21 heavy (non-hydrogen) atoms. The summed E-state index contributed by atoms with van der Waals surface area (Å²) in [6.07, 6.45) is 0.302. The van der Waals surface area contributed by atoms with Crippen LogP contribution in [0.3, 0.4) is 0 Å². The van der Waals surface area contributed by atoms with Gasteiger partial charge in [0.15, 0.2) is 0 Å². The van der Waals surface area contributed by atoms with Crippen LogP contribution in [0.1, 0.15) is 13.3 Å². The maximum atomic E-state index is 13.0. The van der Waals surface area contributed by atoms with Gasteiger partial charge in [0.2, 0.25) is 10.0 Å². The van der Waals surface area contributed by atoms with E-state index in [2.05, 4.69) is 0 Å². The number of hydrogen-bond donors (Lipinski definition) is 0. The lowest BCUT2D eigenvalue weighted by molar-refractivity contribution is 0.102. The van der Waals surface area contributed by atoms with Gasteiger partial charge in [0.05, 0.1) is 21.9 Å². The molecule has 0 N–H and O–H groups in total. The Morgan fingerprint density at radius 2 is 1.86 bits per heavy atom. The minimum Gasteiger partial charge on any atom is -0.377 e. The molecule has 1 fully saturated rings. The minimum absolute atomic E-state index is 0.252. The van der Waals surface area contributed by atoms with E-state index in [1.54, 1.807) is 6.92 Å². The summed E-state index contributed by atoms with van der Waals surface area (Å²) in [5.74, 6) is 0. The lowest BCUT2D eigenvalue weighted by Gasteiger charge is -2.26. The second kappa shape index (κ2) is 5.64. The summed E-state index contributed by atoms with van der Waals surface area (Å²) in [6, 6.07) is 3.93. The van der Waals surface area contributed by atoms with Gasteiger partial charge in [-0.25, -0.2) is 8.42 Å². The molecule has 0 bridgehead atoms. The monoisotopic (exact) mass is 337 g/mol. The second-order valence-corrected chi connectivity index (χ2v) is 8.21. The quantitative estimate of drug-likeness (QED) is 0.770. The number of halogens is 1. The highest BCUT2D eigenvalue weighted by Gasteiger charge is 2.35. The van der Waals surface area contributed by atoms with Crippen LogP contribution in [0.2, 0.25) is 0 Å². The molecule has 2 unspecified atom stereocenters. The van der Waals surface area contributed by atoms with E-state index in [9.17, 15) is 20.7 Å². The van der Waals surface area contributed by atoms with Crippen LogP contribution in [0.4, 0.5) is 3.89 Å². The Labute approximate surface area is 123 Å². The average Bonchev–Trinajstić information content (AvgIpc) is 2.83. The summed E-state index contributed by atoms with van der Waals surface area (Å²) in [6.45, 7) is 2.23. The van der Waals surface area contributed by atoms with E-state index in [-0.39, 0.29) is 17.0 Å². The van der Waals surface area contributed by atoms with Crippen LogP contribution in [-0.4, -0.2) is 46.9 Å². The largest absolute Gasteiger partial charge is 0.377 e. The predicted octanol–water partition coefficient (Wildman–Crippen LogP) is 1.14. The van der Waals surface area contributed by atoms with Crippen molar-refractivity contribution in [2.75, 3.05) is 13.7 Å². The second-order valence-electron chi connectivity index (χ2n) is 4.87. The van der Waals surface area contributed by atoms with Crippen LogP contribution in [0.15, 0.2) is 34.1 Å². The Balaban J connectivity index is 2.40. The number of rotatable bonds is 4. The SMILES string of the molecule is CC1OCCC1N(C)S(=O)(=O)c1cccc(S(=O)(=O)F)c1. The number of sulfonamides is 1. The van der Waals surface area contributed by atoms with Crippen molar-refractivity contribution in [2.45, 2.75) is 35.3 Å². The third-order valence-electron chi connectivity index (χ3n) is 3.57. The van der Waals surface area contributed by atoms with E-state index < -0.39 is 25.1 Å². The Morgan fingerprint density at radius 3 is 2.38 bits per heavy atom. The molecule has 1 saturated heterocycles. The number of ether oxygens (including phenoxy) is 1. The van der Waals surface area contributed by atoms with E-state index in [4.69, 9.17) is 4.74 Å². The third kappa shape index (κ3) is 3.25. The molecule has 1 aliphatic heterocycles. The lowest BCUT2D eigenvalue weighted by atomic mass is 10.2. The van der Waals surface area contributed by atoms with Crippen molar-refractivity contribution in [2.24, 2.45) is 0 Å².